The zero-order chi connectivity index (χ0) is 61.4. The molecule has 3 heterocycles. The van der Waals surface area contributed by atoms with Gasteiger partial charge in [-0.25, -0.2) is 15.0 Å². The number of hydrogen-bond donors (Lipinski definition) is 2. The van der Waals surface area contributed by atoms with E-state index in [1.54, 1.807) is 0 Å². The molecule has 1 unspecified atom stereocenters. The lowest BCUT2D eigenvalue weighted by atomic mass is 9.98. The highest BCUT2D eigenvalue weighted by atomic mass is 127. The largest absolute Gasteiger partial charge is 0.507 e. The number of phenols is 1. The van der Waals surface area contributed by atoms with Gasteiger partial charge in [-0.05, 0) is 107 Å². The van der Waals surface area contributed by atoms with E-state index in [9.17, 15) is 5.11 Å². The number of aromatic nitrogens is 6. The summed E-state index contributed by atoms with van der Waals surface area (Å²) in [6.07, 6.45) is 11.7. The van der Waals surface area contributed by atoms with Gasteiger partial charge in [0, 0.05) is 71.5 Å². The van der Waals surface area contributed by atoms with Crippen LogP contribution in [0.15, 0.2) is 231 Å². The molecule has 1 atom stereocenters. The number of para-hydroxylation sites is 8. The van der Waals surface area contributed by atoms with Crippen molar-refractivity contribution in [2.45, 2.75) is 70.1 Å². The van der Waals surface area contributed by atoms with Crippen molar-refractivity contribution in [1.29, 1.82) is 0 Å². The summed E-state index contributed by atoms with van der Waals surface area (Å²) in [5.41, 5.74) is 26.1. The predicted octanol–water partition coefficient (Wildman–Crippen LogP) is 16.9. The minimum Gasteiger partial charge on any atom is -0.507 e. The molecule has 0 saturated heterocycles. The lowest BCUT2D eigenvalue weighted by molar-refractivity contribution is 0.226. The third-order valence-corrected chi connectivity index (χ3v) is 19.0. The predicted molar refractivity (Wildman–Crippen MR) is 385 cm³/mol. The van der Waals surface area contributed by atoms with E-state index < -0.39 is 0 Å². The Bertz CT molecular complexity index is 4400. The molecule has 11 nitrogen and oxygen atoms in total. The number of nitrogen functional groups attached to an aromatic ring is 1. The fourth-order valence-electron chi connectivity index (χ4n) is 12.2. The van der Waals surface area contributed by atoms with Gasteiger partial charge in [-0.2, -0.15) is 0 Å². The van der Waals surface area contributed by atoms with Crippen LogP contribution in [0.25, 0.3) is 45.3 Å². The summed E-state index contributed by atoms with van der Waals surface area (Å²) in [7, 11) is 0. The average molecular weight is 1400 g/mol. The van der Waals surface area contributed by atoms with Gasteiger partial charge in [0.1, 0.15) is 23.2 Å². The second kappa shape index (κ2) is 28.0. The van der Waals surface area contributed by atoms with Crippen molar-refractivity contribution in [3.8, 4) is 5.75 Å². The van der Waals surface area contributed by atoms with Gasteiger partial charge in [0.15, 0.2) is 0 Å². The van der Waals surface area contributed by atoms with Crippen molar-refractivity contribution in [3.05, 3.63) is 299 Å². The summed E-state index contributed by atoms with van der Waals surface area (Å²) in [5.74, 6) is 3.51. The van der Waals surface area contributed by atoms with Crippen molar-refractivity contribution in [2.75, 3.05) is 28.2 Å². The molecule has 0 amide bonds. The van der Waals surface area contributed by atoms with Crippen LogP contribution in [0, 0.1) is 12.8 Å². The number of aryl methyl sites for hydroxylation is 1. The molecule has 8 aromatic carbocycles. The first-order valence-electron chi connectivity index (χ1n) is 30.4. The number of phenolic OH excluding ortho intramolecular Hbond substituents is 1. The molecule has 89 heavy (non-hydrogen) atoms. The molecule has 12 rings (SSSR count). The van der Waals surface area contributed by atoms with Crippen molar-refractivity contribution in [2.24, 2.45) is 5.92 Å². The number of allylic oxidation sites excluding steroid dienone is 2. The maximum atomic E-state index is 13.1. The lowest BCUT2D eigenvalue weighted by Gasteiger charge is -2.33. The van der Waals surface area contributed by atoms with E-state index in [4.69, 9.17) is 27.3 Å². The molecular weight excluding hydrogens is 1320 g/mol. The van der Waals surface area contributed by atoms with Gasteiger partial charge < -0.3 is 29.4 Å². The molecule has 0 bridgehead atoms. The maximum absolute atomic E-state index is 13.1. The van der Waals surface area contributed by atoms with E-state index in [0.717, 1.165) is 116 Å². The summed E-state index contributed by atoms with van der Waals surface area (Å²) in [4.78, 5) is 23.2. The molecular formula is C76H74I2N10O. The Kier molecular flexibility index (Phi) is 19.2. The zero-order valence-corrected chi connectivity index (χ0v) is 54.7. The summed E-state index contributed by atoms with van der Waals surface area (Å²) < 4.78 is 9.05. The van der Waals surface area contributed by atoms with Crippen LogP contribution in [0.2, 0.25) is 0 Å². The van der Waals surface area contributed by atoms with Gasteiger partial charge in [0.25, 0.3) is 0 Å². The van der Waals surface area contributed by atoms with E-state index in [1.807, 2.05) is 30.4 Å². The minimum atomic E-state index is 0.248. The third-order valence-electron chi connectivity index (χ3n) is 16.9. The van der Waals surface area contributed by atoms with Crippen LogP contribution in [0.1, 0.15) is 74.0 Å². The van der Waals surface area contributed by atoms with Crippen LogP contribution in [0.3, 0.4) is 0 Å². The summed E-state index contributed by atoms with van der Waals surface area (Å²) in [6.45, 7) is 20.2. The average Bonchev–Trinajstić information content (AvgIpc) is 2.05. The number of imidazole rings is 3. The van der Waals surface area contributed by atoms with Crippen LogP contribution < -0.4 is 10.6 Å². The van der Waals surface area contributed by atoms with E-state index in [1.165, 1.54) is 16.7 Å². The molecule has 1 aliphatic rings. The van der Waals surface area contributed by atoms with Crippen LogP contribution >= 0.6 is 45.2 Å². The van der Waals surface area contributed by atoms with Crippen molar-refractivity contribution >= 4 is 102 Å². The van der Waals surface area contributed by atoms with Gasteiger partial charge in [0.2, 0.25) is 0 Å². The molecule has 0 aliphatic heterocycles. The number of nitrogens with two attached hydrogens (primary N) is 1. The number of fused-ring (bicyclic) bond motifs is 3. The Hall–Kier alpha value is -8.35. The minimum absolute atomic E-state index is 0.248. The molecule has 0 fully saturated rings. The third kappa shape index (κ3) is 14.2. The summed E-state index contributed by atoms with van der Waals surface area (Å²) in [5, 5.41) is 13.1. The summed E-state index contributed by atoms with van der Waals surface area (Å²) in [6, 6.07) is 63.6. The maximum Gasteiger partial charge on any atom is 0.124 e. The Balaban J connectivity index is 0.938. The van der Waals surface area contributed by atoms with Crippen LogP contribution in [-0.2, 0) is 56.8 Å². The number of nitrogens with zero attached hydrogens (tertiary/aromatic N) is 9. The highest BCUT2D eigenvalue weighted by molar-refractivity contribution is 14.1. The fraction of sp³-hybridized carbons (Fsp3) is 0.197. The smallest absolute Gasteiger partial charge is 0.124 e. The number of benzene rings is 8. The van der Waals surface area contributed by atoms with Crippen LogP contribution in [-0.4, -0.2) is 61.1 Å². The Morgan fingerprint density at radius 1 is 0.573 bits per heavy atom. The molecule has 0 saturated carbocycles. The molecule has 13 heteroatoms. The molecule has 0 spiro atoms. The standard InChI is InChI=1S/C76H74I2N10O/c1-5-55-23-31-60(32-24-55)45-86-70-20-12-8-16-66(70)80-73(86)50-83(43-54(4)85(69-19-11-7-15-65(69)79)44-59-35-27-57(41-77)28-36-59)48-63-39-53(3)40-64(76(63)89)49-84(51-74-81-67-17-9-13-21-71(67)87(74)46-61-33-25-56(6-2)26-34-61)52-75-82-68-18-10-14-22-72(68)88(75)47-62-37-29-58(42-78)30-38-62/h5-27,29-40,57,89H,1-2,4,28,41-52,79H2,3H3. The Morgan fingerprint density at radius 2 is 1.01 bits per heavy atom. The Morgan fingerprint density at radius 3 is 1.46 bits per heavy atom. The summed E-state index contributed by atoms with van der Waals surface area (Å²) >= 11 is 4.90. The van der Waals surface area contributed by atoms with E-state index in [-0.39, 0.29) is 5.75 Å². The number of aromatic hydroxyl groups is 1. The monoisotopic (exact) mass is 1400 g/mol. The van der Waals surface area contributed by atoms with Gasteiger partial charge in [0.05, 0.1) is 64.1 Å². The molecule has 1 aliphatic carbocycles. The number of anilines is 2. The highest BCUT2D eigenvalue weighted by Gasteiger charge is 2.26. The molecule has 11 aromatic rings. The van der Waals surface area contributed by atoms with Crippen molar-refractivity contribution in [1.82, 2.24) is 38.5 Å². The molecule has 3 N–H and O–H groups in total. The number of alkyl halides is 2. The molecule has 0 radical (unpaired) electrons. The quantitative estimate of drug-likeness (QED) is 0.0313. The van der Waals surface area contributed by atoms with Gasteiger partial charge in [-0.15, -0.1) is 0 Å². The van der Waals surface area contributed by atoms with Gasteiger partial charge in [-0.1, -0.05) is 234 Å². The number of hydrogen-bond acceptors (Lipinski definition) is 8. The Labute approximate surface area is 549 Å². The first-order valence-corrected chi connectivity index (χ1v) is 33.4. The van der Waals surface area contributed by atoms with E-state index in [2.05, 4.69) is 276 Å². The lowest BCUT2D eigenvalue weighted by Crippen LogP contribution is -2.35. The SMILES string of the molecule is C=Cc1ccc(Cn2c(CN(CC(=C)N(CC3=CCC(CI)C=C3)c3ccccc3N)Cc3cc(C)cc(CN(Cc4nc5ccccc5n4Cc4ccc(C=C)cc4)Cc4nc5ccccc5n4Cc4ccc(CI)cc4)c3O)nc3ccccc32)cc1. The normalized spacial score (nSPS) is 13.3. The van der Waals surface area contributed by atoms with Gasteiger partial charge >= 0.3 is 0 Å². The molecule has 448 valence electrons. The first-order chi connectivity index (χ1) is 43.5. The van der Waals surface area contributed by atoms with E-state index in [0.29, 0.717) is 77.1 Å². The highest BCUT2D eigenvalue weighted by Crippen LogP contribution is 2.34. The topological polar surface area (TPSA) is 109 Å². The fourth-order valence-corrected chi connectivity index (χ4v) is 13.4. The van der Waals surface area contributed by atoms with Gasteiger partial charge in [-0.3, -0.25) is 9.80 Å². The molecule has 3 aromatic heterocycles. The number of rotatable bonds is 26. The van der Waals surface area contributed by atoms with Crippen molar-refractivity contribution in [3.63, 3.8) is 0 Å². The van der Waals surface area contributed by atoms with Crippen LogP contribution in [0.5, 0.6) is 5.75 Å². The zero-order valence-electron chi connectivity index (χ0n) is 50.4. The number of halogens is 2. The second-order valence-electron chi connectivity index (χ2n) is 23.4. The van der Waals surface area contributed by atoms with Crippen molar-refractivity contribution < 1.29 is 5.11 Å². The second-order valence-corrected chi connectivity index (χ2v) is 25.0. The first kappa shape index (κ1) is 60.9. The van der Waals surface area contributed by atoms with Crippen LogP contribution in [0.4, 0.5) is 11.4 Å². The van der Waals surface area contributed by atoms with E-state index >= 15 is 0 Å².